The molecule has 5 nitrogen and oxygen atoms in total. The molecule has 1 aromatic carbocycles. The lowest BCUT2D eigenvalue weighted by Gasteiger charge is -2.21. The van der Waals surface area contributed by atoms with E-state index in [-0.39, 0.29) is 0 Å². The highest BCUT2D eigenvalue weighted by Gasteiger charge is 2.17. The van der Waals surface area contributed by atoms with Crippen LogP contribution in [-0.4, -0.2) is 24.8 Å². The topological polar surface area (TPSA) is 59.6 Å². The third-order valence-corrected chi connectivity index (χ3v) is 2.86. The average molecular weight is 294 g/mol. The molecule has 21 heavy (non-hydrogen) atoms. The number of rotatable bonds is 5. The van der Waals surface area contributed by atoms with Crippen molar-refractivity contribution in [2.75, 3.05) is 17.7 Å². The third-order valence-electron chi connectivity index (χ3n) is 2.86. The molecule has 1 aromatic rings. The molecule has 0 aliphatic carbocycles. The Bertz CT molecular complexity index is 481. The summed E-state index contributed by atoms with van der Waals surface area (Å²) in [6, 6.07) is 5.94. The summed E-state index contributed by atoms with van der Waals surface area (Å²) in [4.78, 5) is 11.8. The molecule has 0 saturated heterocycles. The van der Waals surface area contributed by atoms with E-state index in [4.69, 9.17) is 9.47 Å². The van der Waals surface area contributed by atoms with Gasteiger partial charge in [0.25, 0.3) is 0 Å². The van der Waals surface area contributed by atoms with Gasteiger partial charge in [-0.05, 0) is 46.2 Å². The highest BCUT2D eigenvalue weighted by molar-refractivity contribution is 5.87. The van der Waals surface area contributed by atoms with E-state index < -0.39 is 11.7 Å². The zero-order valence-corrected chi connectivity index (χ0v) is 13.7. The Labute approximate surface area is 127 Å². The molecule has 1 amide bonds. The van der Waals surface area contributed by atoms with Gasteiger partial charge in [0.1, 0.15) is 11.4 Å². The third kappa shape index (κ3) is 5.94. The lowest BCUT2D eigenvalue weighted by Crippen LogP contribution is -2.27. The Morgan fingerprint density at radius 2 is 2.00 bits per heavy atom. The zero-order chi connectivity index (χ0) is 16.0. The summed E-state index contributed by atoms with van der Waals surface area (Å²) in [5.41, 5.74) is 1.01. The maximum absolute atomic E-state index is 11.8. The minimum atomic E-state index is -0.532. The minimum Gasteiger partial charge on any atom is -0.494 e. The lowest BCUT2D eigenvalue weighted by molar-refractivity contribution is 0.0635. The molecule has 0 aliphatic heterocycles. The number of anilines is 2. The highest BCUT2D eigenvalue weighted by Crippen LogP contribution is 2.29. The molecule has 0 aromatic heterocycles. The summed E-state index contributed by atoms with van der Waals surface area (Å²) in [6.07, 6.45) is 0.531. The Morgan fingerprint density at radius 1 is 1.33 bits per heavy atom. The van der Waals surface area contributed by atoms with E-state index in [9.17, 15) is 4.79 Å². The summed E-state index contributed by atoms with van der Waals surface area (Å²) < 4.78 is 10.6. The molecule has 0 spiro atoms. The fraction of sp³-hybridized carbons (Fsp3) is 0.562. The Hall–Kier alpha value is -1.91. The number of nitrogens with one attached hydrogen (secondary N) is 2. The zero-order valence-electron chi connectivity index (χ0n) is 13.7. The second kappa shape index (κ2) is 7.20. The van der Waals surface area contributed by atoms with Gasteiger partial charge in [0, 0.05) is 17.8 Å². The van der Waals surface area contributed by atoms with Gasteiger partial charge in [-0.15, -0.1) is 0 Å². The fourth-order valence-electron chi connectivity index (χ4n) is 1.68. The van der Waals surface area contributed by atoms with Crippen LogP contribution in [0.1, 0.15) is 41.0 Å². The molecule has 0 fully saturated rings. The lowest BCUT2D eigenvalue weighted by atomic mass is 10.2. The van der Waals surface area contributed by atoms with Crippen LogP contribution >= 0.6 is 0 Å². The summed E-state index contributed by atoms with van der Waals surface area (Å²) in [5, 5.41) is 6.06. The van der Waals surface area contributed by atoms with Crippen LogP contribution in [0, 0.1) is 0 Å². The monoisotopic (exact) mass is 294 g/mol. The number of carbonyl (C=O) groups excluding carboxylic acids is 1. The maximum atomic E-state index is 11.8. The van der Waals surface area contributed by atoms with Crippen molar-refractivity contribution in [2.45, 2.75) is 52.7 Å². The molecule has 0 aliphatic rings. The van der Waals surface area contributed by atoms with Crippen LogP contribution in [0.3, 0.4) is 0 Å². The first-order chi connectivity index (χ1) is 9.75. The van der Waals surface area contributed by atoms with Gasteiger partial charge in [-0.1, -0.05) is 6.92 Å². The van der Waals surface area contributed by atoms with Crippen LogP contribution in [0.5, 0.6) is 5.75 Å². The van der Waals surface area contributed by atoms with Crippen LogP contribution in [-0.2, 0) is 4.74 Å². The van der Waals surface area contributed by atoms with Crippen LogP contribution in [0.25, 0.3) is 0 Å². The largest absolute Gasteiger partial charge is 0.494 e. The van der Waals surface area contributed by atoms with Gasteiger partial charge >= 0.3 is 6.09 Å². The van der Waals surface area contributed by atoms with Crippen molar-refractivity contribution < 1.29 is 14.3 Å². The number of amides is 1. The Kier molecular flexibility index (Phi) is 5.88. The van der Waals surface area contributed by atoms with Crippen molar-refractivity contribution in [3.63, 3.8) is 0 Å². The molecule has 0 heterocycles. The molecule has 0 bridgehead atoms. The van der Waals surface area contributed by atoms with Gasteiger partial charge in [0.05, 0.1) is 12.8 Å². The fourth-order valence-corrected chi connectivity index (χ4v) is 1.68. The molecule has 1 unspecified atom stereocenters. The predicted molar refractivity (Wildman–Crippen MR) is 86.2 cm³/mol. The molecule has 2 N–H and O–H groups in total. The van der Waals surface area contributed by atoms with Crippen molar-refractivity contribution in [3.05, 3.63) is 18.2 Å². The number of hydrogen-bond donors (Lipinski definition) is 2. The number of hydrogen-bond acceptors (Lipinski definition) is 4. The number of ether oxygens (including phenoxy) is 2. The van der Waals surface area contributed by atoms with E-state index in [1.807, 2.05) is 32.9 Å². The van der Waals surface area contributed by atoms with Crippen molar-refractivity contribution in [2.24, 2.45) is 0 Å². The second-order valence-electron chi connectivity index (χ2n) is 6.00. The van der Waals surface area contributed by atoms with E-state index in [2.05, 4.69) is 24.5 Å². The molecule has 1 rings (SSSR count). The first kappa shape index (κ1) is 17.1. The van der Waals surface area contributed by atoms with Gasteiger partial charge in [-0.3, -0.25) is 5.32 Å². The van der Waals surface area contributed by atoms with Gasteiger partial charge in [-0.25, -0.2) is 4.79 Å². The van der Waals surface area contributed by atoms with Gasteiger partial charge in [-0.2, -0.15) is 0 Å². The molecule has 5 heteroatoms. The Morgan fingerprint density at radius 3 is 2.52 bits per heavy atom. The van der Waals surface area contributed by atoms with Crippen LogP contribution in [0.4, 0.5) is 16.2 Å². The minimum absolute atomic E-state index is 0.374. The van der Waals surface area contributed by atoms with Crippen LogP contribution in [0.15, 0.2) is 18.2 Å². The quantitative estimate of drug-likeness (QED) is 0.852. The van der Waals surface area contributed by atoms with Crippen molar-refractivity contribution in [1.82, 2.24) is 0 Å². The van der Waals surface area contributed by atoms with E-state index in [0.29, 0.717) is 17.5 Å². The average Bonchev–Trinajstić information content (AvgIpc) is 2.38. The molecule has 1 atom stereocenters. The summed E-state index contributed by atoms with van der Waals surface area (Å²) in [6.45, 7) is 9.70. The van der Waals surface area contributed by atoms with Gasteiger partial charge < -0.3 is 14.8 Å². The van der Waals surface area contributed by atoms with Crippen molar-refractivity contribution in [3.8, 4) is 5.75 Å². The smallest absolute Gasteiger partial charge is 0.412 e. The second-order valence-corrected chi connectivity index (χ2v) is 6.00. The first-order valence-electron chi connectivity index (χ1n) is 7.19. The highest BCUT2D eigenvalue weighted by atomic mass is 16.6. The molecule has 118 valence electrons. The van der Waals surface area contributed by atoms with Crippen LogP contribution in [0.2, 0.25) is 0 Å². The maximum Gasteiger partial charge on any atom is 0.412 e. The van der Waals surface area contributed by atoms with E-state index in [1.165, 1.54) is 0 Å². The normalized spacial score (nSPS) is 12.5. The summed E-state index contributed by atoms with van der Waals surface area (Å²) in [7, 11) is 1.57. The standard InChI is InChI=1S/C16H26N2O3/c1-7-11(2)17-12-8-9-13(14(10-12)20-6)18-15(19)21-16(3,4)5/h8-11,17H,7H2,1-6H3,(H,18,19). The van der Waals surface area contributed by atoms with Crippen LogP contribution < -0.4 is 15.4 Å². The SMILES string of the molecule is CCC(C)Nc1ccc(NC(=O)OC(C)(C)C)c(OC)c1. The van der Waals surface area contributed by atoms with Gasteiger partial charge in [0.2, 0.25) is 0 Å². The summed E-state index contributed by atoms with van der Waals surface area (Å²) in [5.74, 6) is 0.592. The molecular weight excluding hydrogens is 268 g/mol. The molecule has 0 radical (unpaired) electrons. The van der Waals surface area contributed by atoms with Gasteiger partial charge in [0.15, 0.2) is 0 Å². The van der Waals surface area contributed by atoms with E-state index >= 15 is 0 Å². The summed E-state index contributed by atoms with van der Waals surface area (Å²) >= 11 is 0. The Balaban J connectivity index is 2.81. The van der Waals surface area contributed by atoms with E-state index in [1.54, 1.807) is 13.2 Å². The number of methoxy groups -OCH3 is 1. The van der Waals surface area contributed by atoms with E-state index in [0.717, 1.165) is 12.1 Å². The van der Waals surface area contributed by atoms with Crippen molar-refractivity contribution >= 4 is 17.5 Å². The number of benzene rings is 1. The first-order valence-corrected chi connectivity index (χ1v) is 7.19. The number of carbonyl (C=O) groups is 1. The predicted octanol–water partition coefficient (Wildman–Crippen LogP) is 4.25. The molecule has 0 saturated carbocycles. The van der Waals surface area contributed by atoms with Crippen molar-refractivity contribution in [1.29, 1.82) is 0 Å². The molecular formula is C16H26N2O3.